The zero-order valence-electron chi connectivity index (χ0n) is 12.7. The fourth-order valence-corrected chi connectivity index (χ4v) is 3.19. The number of aromatic nitrogens is 2. The average Bonchev–Trinajstić information content (AvgIpc) is 3.29. The van der Waals surface area contributed by atoms with Crippen LogP contribution in [0.1, 0.15) is 55.2 Å². The summed E-state index contributed by atoms with van der Waals surface area (Å²) in [6, 6.07) is 3.36. The molecule has 120 valence electrons. The van der Waals surface area contributed by atoms with Gasteiger partial charge in [-0.25, -0.2) is 14.8 Å². The van der Waals surface area contributed by atoms with Crippen molar-refractivity contribution in [1.82, 2.24) is 15.3 Å². The number of amides is 1. The van der Waals surface area contributed by atoms with Gasteiger partial charge in [0.1, 0.15) is 10.7 Å². The van der Waals surface area contributed by atoms with E-state index in [4.69, 9.17) is 5.11 Å². The Morgan fingerprint density at radius 2 is 2.22 bits per heavy atom. The Kier molecular flexibility index (Phi) is 4.38. The topological polar surface area (TPSA) is 92.2 Å². The van der Waals surface area contributed by atoms with Crippen LogP contribution in [0.4, 0.5) is 0 Å². The van der Waals surface area contributed by atoms with Crippen LogP contribution in [0.5, 0.6) is 0 Å². The number of carbonyl (C=O) groups excluding carboxylic acids is 1. The van der Waals surface area contributed by atoms with Crippen molar-refractivity contribution in [3.05, 3.63) is 45.2 Å². The molecule has 0 radical (unpaired) electrons. The molecule has 1 aliphatic carbocycles. The summed E-state index contributed by atoms with van der Waals surface area (Å²) in [6.07, 6.45) is 4.70. The van der Waals surface area contributed by atoms with E-state index >= 15 is 0 Å². The van der Waals surface area contributed by atoms with Crippen LogP contribution in [0.3, 0.4) is 0 Å². The van der Waals surface area contributed by atoms with Gasteiger partial charge in [0.15, 0.2) is 0 Å². The lowest BCUT2D eigenvalue weighted by atomic mass is 10.2. The van der Waals surface area contributed by atoms with Crippen LogP contribution in [0.25, 0.3) is 0 Å². The summed E-state index contributed by atoms with van der Waals surface area (Å²) >= 11 is 1.11. The van der Waals surface area contributed by atoms with E-state index in [1.807, 2.05) is 6.07 Å². The number of hydrogen-bond acceptors (Lipinski definition) is 5. The van der Waals surface area contributed by atoms with Crippen molar-refractivity contribution in [2.24, 2.45) is 0 Å². The maximum absolute atomic E-state index is 12.1. The van der Waals surface area contributed by atoms with Crippen LogP contribution in [-0.4, -0.2) is 33.5 Å². The SMILES string of the molecule is Cc1sc(C(=O)O)cc1C(=O)NCCc1nccc(C2CC2)n1. The summed E-state index contributed by atoms with van der Waals surface area (Å²) in [6.45, 7) is 2.17. The number of thiophene rings is 1. The lowest BCUT2D eigenvalue weighted by molar-refractivity contribution is 0.0702. The van der Waals surface area contributed by atoms with Crippen molar-refractivity contribution < 1.29 is 14.7 Å². The Balaban J connectivity index is 1.57. The van der Waals surface area contributed by atoms with E-state index in [1.165, 1.54) is 18.9 Å². The molecule has 2 heterocycles. The van der Waals surface area contributed by atoms with Crippen molar-refractivity contribution in [2.75, 3.05) is 6.54 Å². The minimum Gasteiger partial charge on any atom is -0.477 e. The van der Waals surface area contributed by atoms with Crippen molar-refractivity contribution in [1.29, 1.82) is 0 Å². The normalized spacial score (nSPS) is 13.8. The van der Waals surface area contributed by atoms with Gasteiger partial charge in [0.25, 0.3) is 5.91 Å². The highest BCUT2D eigenvalue weighted by Crippen LogP contribution is 2.38. The first kappa shape index (κ1) is 15.6. The Bertz CT molecular complexity index is 753. The molecule has 0 aliphatic heterocycles. The van der Waals surface area contributed by atoms with Gasteiger partial charge in [-0.3, -0.25) is 4.79 Å². The van der Waals surface area contributed by atoms with E-state index in [-0.39, 0.29) is 10.8 Å². The highest BCUT2D eigenvalue weighted by molar-refractivity contribution is 7.14. The molecule has 1 saturated carbocycles. The minimum absolute atomic E-state index is 0.174. The molecule has 0 unspecified atom stereocenters. The van der Waals surface area contributed by atoms with E-state index in [1.54, 1.807) is 13.1 Å². The molecular formula is C16H17N3O3S. The zero-order valence-corrected chi connectivity index (χ0v) is 13.5. The number of aromatic carboxylic acids is 1. The highest BCUT2D eigenvalue weighted by atomic mass is 32.1. The maximum atomic E-state index is 12.1. The van der Waals surface area contributed by atoms with Crippen molar-refractivity contribution >= 4 is 23.2 Å². The molecular weight excluding hydrogens is 314 g/mol. The van der Waals surface area contributed by atoms with Crippen molar-refractivity contribution in [3.8, 4) is 0 Å². The molecule has 7 heteroatoms. The van der Waals surface area contributed by atoms with Gasteiger partial charge in [-0.05, 0) is 31.9 Å². The number of carboxylic acid groups (broad SMARTS) is 1. The van der Waals surface area contributed by atoms with Gasteiger partial charge >= 0.3 is 5.97 Å². The number of carboxylic acids is 1. The molecule has 6 nitrogen and oxygen atoms in total. The van der Waals surface area contributed by atoms with E-state index in [9.17, 15) is 9.59 Å². The molecule has 0 aromatic carbocycles. The van der Waals surface area contributed by atoms with E-state index < -0.39 is 5.97 Å². The van der Waals surface area contributed by atoms with Crippen molar-refractivity contribution in [2.45, 2.75) is 32.1 Å². The molecule has 0 bridgehead atoms. The lowest BCUT2D eigenvalue weighted by Crippen LogP contribution is -2.26. The molecule has 2 aromatic rings. The summed E-state index contributed by atoms with van der Waals surface area (Å²) in [5.74, 6) is 0.0317. The van der Waals surface area contributed by atoms with Gasteiger partial charge in [0, 0.05) is 35.7 Å². The van der Waals surface area contributed by atoms with Gasteiger partial charge in [-0.1, -0.05) is 0 Å². The minimum atomic E-state index is -1.01. The molecule has 2 aromatic heterocycles. The standard InChI is InChI=1S/C16H17N3O3S/c1-9-11(8-13(23-9)16(21)22)15(20)18-7-5-14-17-6-4-12(19-14)10-2-3-10/h4,6,8,10H,2-3,5,7H2,1H3,(H,18,20)(H,21,22). The van der Waals surface area contributed by atoms with Crippen LogP contribution in [0.15, 0.2) is 18.3 Å². The summed E-state index contributed by atoms with van der Waals surface area (Å²) in [5.41, 5.74) is 1.50. The van der Waals surface area contributed by atoms with Gasteiger partial charge in [-0.15, -0.1) is 11.3 Å². The van der Waals surface area contributed by atoms with Crippen LogP contribution < -0.4 is 5.32 Å². The smallest absolute Gasteiger partial charge is 0.345 e. The fraction of sp³-hybridized carbons (Fsp3) is 0.375. The Hall–Kier alpha value is -2.28. The summed E-state index contributed by atoms with van der Waals surface area (Å²) in [4.78, 5) is 32.7. The maximum Gasteiger partial charge on any atom is 0.345 e. The molecule has 23 heavy (non-hydrogen) atoms. The fourth-order valence-electron chi connectivity index (χ4n) is 2.34. The predicted molar refractivity (Wildman–Crippen MR) is 86.1 cm³/mol. The molecule has 1 fully saturated rings. The lowest BCUT2D eigenvalue weighted by Gasteiger charge is -2.05. The molecule has 1 aliphatic rings. The molecule has 3 rings (SSSR count). The molecule has 0 saturated heterocycles. The number of hydrogen-bond donors (Lipinski definition) is 2. The highest BCUT2D eigenvalue weighted by Gasteiger charge is 2.25. The second-order valence-electron chi connectivity index (χ2n) is 5.56. The van der Waals surface area contributed by atoms with Gasteiger partial charge in [0.05, 0.1) is 5.56 Å². The first-order valence-electron chi connectivity index (χ1n) is 7.48. The first-order valence-corrected chi connectivity index (χ1v) is 8.30. The van der Waals surface area contributed by atoms with Gasteiger partial charge in [0.2, 0.25) is 0 Å². The van der Waals surface area contributed by atoms with E-state index in [0.29, 0.717) is 29.3 Å². The summed E-state index contributed by atoms with van der Waals surface area (Å²) in [7, 11) is 0. The number of aryl methyl sites for hydroxylation is 1. The Labute approximate surface area is 137 Å². The third kappa shape index (κ3) is 3.73. The number of nitrogens with one attached hydrogen (secondary N) is 1. The number of carbonyl (C=O) groups is 2. The summed E-state index contributed by atoms with van der Waals surface area (Å²) in [5, 5.41) is 11.8. The predicted octanol–water partition coefficient (Wildman–Crippen LogP) is 2.39. The zero-order chi connectivity index (χ0) is 16.4. The van der Waals surface area contributed by atoms with Crippen LogP contribution in [-0.2, 0) is 6.42 Å². The second kappa shape index (κ2) is 6.45. The van der Waals surface area contributed by atoms with Crippen LogP contribution in [0.2, 0.25) is 0 Å². The van der Waals surface area contributed by atoms with Crippen LogP contribution >= 0.6 is 11.3 Å². The van der Waals surface area contributed by atoms with Crippen LogP contribution in [0, 0.1) is 6.92 Å². The molecule has 0 spiro atoms. The molecule has 2 N–H and O–H groups in total. The van der Waals surface area contributed by atoms with E-state index in [0.717, 1.165) is 22.9 Å². The summed E-state index contributed by atoms with van der Waals surface area (Å²) < 4.78 is 0. The third-order valence-electron chi connectivity index (χ3n) is 3.73. The van der Waals surface area contributed by atoms with Crippen molar-refractivity contribution in [3.63, 3.8) is 0 Å². The largest absolute Gasteiger partial charge is 0.477 e. The Morgan fingerprint density at radius 1 is 1.43 bits per heavy atom. The second-order valence-corrected chi connectivity index (χ2v) is 6.82. The quantitative estimate of drug-likeness (QED) is 0.848. The third-order valence-corrected chi connectivity index (χ3v) is 4.77. The molecule has 1 amide bonds. The number of nitrogens with zero attached hydrogens (tertiary/aromatic N) is 2. The first-order chi connectivity index (χ1) is 11.0. The number of rotatable bonds is 6. The Morgan fingerprint density at radius 3 is 2.87 bits per heavy atom. The van der Waals surface area contributed by atoms with Gasteiger partial charge in [-0.2, -0.15) is 0 Å². The molecule has 0 atom stereocenters. The van der Waals surface area contributed by atoms with Gasteiger partial charge < -0.3 is 10.4 Å². The average molecular weight is 331 g/mol. The van der Waals surface area contributed by atoms with E-state index in [2.05, 4.69) is 15.3 Å². The monoisotopic (exact) mass is 331 g/mol.